The van der Waals surface area contributed by atoms with Crippen LogP contribution in [0.4, 0.5) is 0 Å². The molecule has 0 bridgehead atoms. The minimum absolute atomic E-state index is 0.00609. The fourth-order valence-electron chi connectivity index (χ4n) is 0.725. The third-order valence-corrected chi connectivity index (χ3v) is 5.24. The summed E-state index contributed by atoms with van der Waals surface area (Å²) >= 11 is 0.966. The van der Waals surface area contributed by atoms with Crippen LogP contribution in [-0.2, 0) is 19.4 Å². The van der Waals surface area contributed by atoms with Crippen LogP contribution < -0.4 is 5.32 Å². The highest BCUT2D eigenvalue weighted by Crippen LogP contribution is 2.13. The minimum Gasteiger partial charge on any atom is -0.481 e. The molecule has 8 heteroatoms. The summed E-state index contributed by atoms with van der Waals surface area (Å²) in [7, 11) is -3.25. The molecule has 0 atom stereocenters. The Kier molecular flexibility index (Phi) is 5.97. The van der Waals surface area contributed by atoms with Crippen LogP contribution in [0.1, 0.15) is 13.8 Å². The Morgan fingerprint density at radius 2 is 1.82 bits per heavy atom. The molecular weight excluding hydrogens is 266 g/mol. The van der Waals surface area contributed by atoms with Crippen LogP contribution in [0.25, 0.3) is 0 Å². The van der Waals surface area contributed by atoms with E-state index < -0.39 is 20.6 Å². The monoisotopic (exact) mass is 283 g/mol. The smallest absolute Gasteiger partial charge is 0.313 e. The van der Waals surface area contributed by atoms with E-state index in [-0.39, 0.29) is 24.0 Å². The summed E-state index contributed by atoms with van der Waals surface area (Å²) in [6.45, 7) is 3.05. The number of carbonyl (C=O) groups is 2. The number of carbonyl (C=O) groups excluding carboxylic acids is 1. The van der Waals surface area contributed by atoms with E-state index in [1.807, 2.05) is 0 Å². The Hall–Kier alpha value is -0.760. The number of thioether (sulfide) groups is 1. The van der Waals surface area contributed by atoms with Gasteiger partial charge < -0.3 is 10.4 Å². The Bertz CT molecular complexity index is 388. The van der Waals surface area contributed by atoms with Crippen molar-refractivity contribution < 1.29 is 23.1 Å². The maximum Gasteiger partial charge on any atom is 0.313 e. The van der Waals surface area contributed by atoms with Crippen LogP contribution in [0.5, 0.6) is 0 Å². The fraction of sp³-hybridized carbons (Fsp3) is 0.778. The largest absolute Gasteiger partial charge is 0.481 e. The molecule has 0 aromatic heterocycles. The van der Waals surface area contributed by atoms with Crippen LogP contribution in [-0.4, -0.2) is 54.5 Å². The second kappa shape index (κ2) is 6.25. The average Bonchev–Trinajstić information content (AvgIpc) is 2.12. The van der Waals surface area contributed by atoms with E-state index in [2.05, 4.69) is 5.32 Å². The molecule has 2 N–H and O–H groups in total. The van der Waals surface area contributed by atoms with Gasteiger partial charge in [-0.15, -0.1) is 11.8 Å². The van der Waals surface area contributed by atoms with Crippen LogP contribution in [0.2, 0.25) is 0 Å². The molecule has 0 spiro atoms. The lowest BCUT2D eigenvalue weighted by molar-refractivity contribution is -0.133. The Balaban J connectivity index is 4.05. The van der Waals surface area contributed by atoms with Gasteiger partial charge in [-0.25, -0.2) is 8.42 Å². The van der Waals surface area contributed by atoms with Crippen molar-refractivity contribution in [3.05, 3.63) is 0 Å². The quantitative estimate of drug-likeness (QED) is 0.668. The van der Waals surface area contributed by atoms with Gasteiger partial charge in [-0.3, -0.25) is 9.59 Å². The first-order valence-electron chi connectivity index (χ1n) is 4.82. The summed E-state index contributed by atoms with van der Waals surface area (Å²) in [5.74, 6) is -1.50. The number of hydrogen-bond acceptors (Lipinski definition) is 5. The van der Waals surface area contributed by atoms with Gasteiger partial charge >= 0.3 is 5.97 Å². The van der Waals surface area contributed by atoms with Gasteiger partial charge in [-0.2, -0.15) is 0 Å². The van der Waals surface area contributed by atoms with Gasteiger partial charge in [0.15, 0.2) is 9.84 Å². The van der Waals surface area contributed by atoms with Crippen molar-refractivity contribution in [2.24, 2.45) is 0 Å². The number of carboxylic acids is 1. The summed E-state index contributed by atoms with van der Waals surface area (Å²) in [4.78, 5) is 21.5. The summed E-state index contributed by atoms with van der Waals surface area (Å²) in [6.07, 6.45) is 1.11. The van der Waals surface area contributed by atoms with Crippen molar-refractivity contribution in [2.45, 2.75) is 18.6 Å². The standard InChI is InChI=1S/C9H17NO5S2/c1-9(2,17(3,14)15)6-10-7(11)4-16-5-8(12)13/h4-6H2,1-3H3,(H,10,11)(H,12,13). The summed E-state index contributed by atoms with van der Waals surface area (Å²) in [5, 5.41) is 10.8. The molecule has 6 nitrogen and oxygen atoms in total. The molecule has 0 fully saturated rings. The lowest BCUT2D eigenvalue weighted by atomic mass is 10.2. The Labute approximate surface area is 105 Å². The molecule has 0 heterocycles. The molecule has 100 valence electrons. The predicted octanol–water partition coefficient (Wildman–Crippen LogP) is -0.256. The third-order valence-electron chi connectivity index (χ3n) is 2.17. The maximum absolute atomic E-state index is 11.3. The Morgan fingerprint density at radius 3 is 2.24 bits per heavy atom. The predicted molar refractivity (Wildman–Crippen MR) is 66.9 cm³/mol. The molecule has 1 amide bonds. The van der Waals surface area contributed by atoms with E-state index in [1.54, 1.807) is 0 Å². The number of hydrogen-bond donors (Lipinski definition) is 2. The molecule has 0 saturated heterocycles. The molecule has 0 aliphatic carbocycles. The number of nitrogens with one attached hydrogen (secondary N) is 1. The normalized spacial score (nSPS) is 12.2. The van der Waals surface area contributed by atoms with Crippen molar-refractivity contribution in [1.29, 1.82) is 0 Å². The first-order chi connectivity index (χ1) is 7.56. The van der Waals surface area contributed by atoms with E-state index >= 15 is 0 Å². The van der Waals surface area contributed by atoms with E-state index in [0.717, 1.165) is 18.0 Å². The molecule has 0 aliphatic rings. The van der Waals surface area contributed by atoms with Gasteiger partial charge in [0.05, 0.1) is 16.3 Å². The van der Waals surface area contributed by atoms with Crippen molar-refractivity contribution in [3.63, 3.8) is 0 Å². The van der Waals surface area contributed by atoms with Crippen molar-refractivity contribution in [1.82, 2.24) is 5.32 Å². The van der Waals surface area contributed by atoms with E-state index in [4.69, 9.17) is 5.11 Å². The summed E-state index contributed by atoms with van der Waals surface area (Å²) in [6, 6.07) is 0. The van der Waals surface area contributed by atoms with Crippen LogP contribution in [0, 0.1) is 0 Å². The topological polar surface area (TPSA) is 101 Å². The SMILES string of the molecule is CC(C)(CNC(=O)CSCC(=O)O)S(C)(=O)=O. The molecule has 17 heavy (non-hydrogen) atoms. The molecule has 0 aromatic carbocycles. The molecule has 0 rings (SSSR count). The molecule has 0 aliphatic heterocycles. The summed E-state index contributed by atoms with van der Waals surface area (Å²) < 4.78 is 21.6. The lowest BCUT2D eigenvalue weighted by Gasteiger charge is -2.22. The zero-order valence-corrected chi connectivity index (χ0v) is 11.7. The van der Waals surface area contributed by atoms with Gasteiger partial charge in [0.1, 0.15) is 0 Å². The lowest BCUT2D eigenvalue weighted by Crippen LogP contribution is -2.44. The maximum atomic E-state index is 11.3. The van der Waals surface area contributed by atoms with Gasteiger partial charge in [0, 0.05) is 12.8 Å². The van der Waals surface area contributed by atoms with E-state index in [9.17, 15) is 18.0 Å². The van der Waals surface area contributed by atoms with Crippen LogP contribution >= 0.6 is 11.8 Å². The number of aliphatic carboxylic acids is 1. The molecule has 0 unspecified atom stereocenters. The Morgan fingerprint density at radius 1 is 1.29 bits per heavy atom. The van der Waals surface area contributed by atoms with Gasteiger partial charge in [0.25, 0.3) is 0 Å². The zero-order valence-electron chi connectivity index (χ0n) is 10.0. The molecule has 0 radical (unpaired) electrons. The number of rotatable bonds is 7. The highest BCUT2D eigenvalue weighted by Gasteiger charge is 2.30. The molecule has 0 aromatic rings. The second-order valence-corrected chi connectivity index (χ2v) is 7.83. The van der Waals surface area contributed by atoms with Gasteiger partial charge in [-0.1, -0.05) is 0 Å². The average molecular weight is 283 g/mol. The van der Waals surface area contributed by atoms with Crippen molar-refractivity contribution >= 4 is 33.5 Å². The fourth-order valence-corrected chi connectivity index (χ4v) is 1.62. The number of sulfone groups is 1. The van der Waals surface area contributed by atoms with E-state index in [1.165, 1.54) is 13.8 Å². The first-order valence-corrected chi connectivity index (χ1v) is 7.87. The second-order valence-electron chi connectivity index (χ2n) is 4.20. The van der Waals surface area contributed by atoms with Crippen LogP contribution in [0.15, 0.2) is 0 Å². The first kappa shape index (κ1) is 16.2. The molecule has 0 saturated carbocycles. The summed E-state index contributed by atoms with van der Waals surface area (Å²) in [5.41, 5.74) is 0. The number of amides is 1. The number of carboxylic acid groups (broad SMARTS) is 1. The highest BCUT2D eigenvalue weighted by atomic mass is 32.2. The van der Waals surface area contributed by atoms with Gasteiger partial charge in [0.2, 0.25) is 5.91 Å². The van der Waals surface area contributed by atoms with Gasteiger partial charge in [-0.05, 0) is 13.8 Å². The third kappa shape index (κ3) is 6.52. The zero-order chi connectivity index (χ0) is 13.7. The highest BCUT2D eigenvalue weighted by molar-refractivity contribution is 8.00. The van der Waals surface area contributed by atoms with Crippen molar-refractivity contribution in [2.75, 3.05) is 24.3 Å². The van der Waals surface area contributed by atoms with Crippen molar-refractivity contribution in [3.8, 4) is 0 Å². The van der Waals surface area contributed by atoms with E-state index in [0.29, 0.717) is 0 Å². The minimum atomic E-state index is -3.25. The molecular formula is C9H17NO5S2. The van der Waals surface area contributed by atoms with Crippen LogP contribution in [0.3, 0.4) is 0 Å².